The highest BCUT2D eigenvalue weighted by molar-refractivity contribution is 14.1. The van der Waals surface area contributed by atoms with Crippen LogP contribution in [0.15, 0.2) is 0 Å². The van der Waals surface area contributed by atoms with Crippen molar-refractivity contribution >= 4 is 28.8 Å². The van der Waals surface area contributed by atoms with E-state index in [4.69, 9.17) is 4.74 Å². The molecule has 0 radical (unpaired) electrons. The fraction of sp³-hybridized carbons (Fsp3) is 0.923. The number of likely N-dealkylation sites (tertiary alicyclic amines) is 1. The Kier molecular flexibility index (Phi) is 6.31. The van der Waals surface area contributed by atoms with Crippen molar-refractivity contribution in [2.45, 2.75) is 12.8 Å². The second-order valence-corrected chi connectivity index (χ2v) is 6.76. The van der Waals surface area contributed by atoms with Crippen LogP contribution in [0.1, 0.15) is 12.8 Å². The fourth-order valence-corrected chi connectivity index (χ4v) is 3.22. The van der Waals surface area contributed by atoms with Crippen LogP contribution >= 0.6 is 22.9 Å². The number of methoxy groups -OCH3 is 1. The van der Waals surface area contributed by atoms with E-state index in [9.17, 15) is 4.79 Å². The van der Waals surface area contributed by atoms with Gasteiger partial charge in [0.2, 0.25) is 0 Å². The Morgan fingerprint density at radius 2 is 1.58 bits per heavy atom. The smallest absolute Gasteiger partial charge is 0.308 e. The molecule has 110 valence electrons. The molecule has 2 aliphatic rings. The molecule has 0 atom stereocenters. The van der Waals surface area contributed by atoms with Crippen LogP contribution in [0.25, 0.3) is 0 Å². The van der Waals surface area contributed by atoms with Crippen LogP contribution in [0, 0.1) is 5.92 Å². The maximum atomic E-state index is 11.5. The van der Waals surface area contributed by atoms with Gasteiger partial charge in [-0.3, -0.25) is 9.69 Å². The Morgan fingerprint density at radius 1 is 1.05 bits per heavy atom. The number of hydrogen-bond donors (Lipinski definition) is 0. The summed E-state index contributed by atoms with van der Waals surface area (Å²) in [7, 11) is 1.49. The van der Waals surface area contributed by atoms with Gasteiger partial charge in [0.15, 0.2) is 0 Å². The molecule has 0 aromatic rings. The highest BCUT2D eigenvalue weighted by atomic mass is 127. The van der Waals surface area contributed by atoms with Crippen molar-refractivity contribution in [2.75, 3.05) is 59.5 Å². The van der Waals surface area contributed by atoms with Crippen LogP contribution in [0.4, 0.5) is 0 Å². The number of halogens is 1. The van der Waals surface area contributed by atoms with Gasteiger partial charge in [0.05, 0.1) is 13.0 Å². The van der Waals surface area contributed by atoms with Crippen LogP contribution in [-0.4, -0.2) is 78.4 Å². The normalized spacial score (nSPS) is 24.5. The Bertz CT molecular complexity index is 288. The third-order valence-corrected chi connectivity index (χ3v) is 5.14. The SMILES string of the molecule is COC(=O)C1CCN(CCN2CCN(I)CC2)CC1. The summed E-state index contributed by atoms with van der Waals surface area (Å²) in [5.41, 5.74) is 0. The number of nitrogens with zero attached hydrogens (tertiary/aromatic N) is 3. The molecule has 5 nitrogen and oxygen atoms in total. The largest absolute Gasteiger partial charge is 0.469 e. The van der Waals surface area contributed by atoms with Crippen molar-refractivity contribution in [1.82, 2.24) is 12.9 Å². The van der Waals surface area contributed by atoms with Gasteiger partial charge in [-0.15, -0.1) is 0 Å². The molecule has 19 heavy (non-hydrogen) atoms. The molecule has 2 heterocycles. The first-order valence-corrected chi connectivity index (χ1v) is 8.09. The van der Waals surface area contributed by atoms with Gasteiger partial charge in [-0.25, -0.2) is 3.11 Å². The van der Waals surface area contributed by atoms with Crippen LogP contribution in [0.5, 0.6) is 0 Å². The maximum absolute atomic E-state index is 11.5. The molecule has 0 N–H and O–H groups in total. The number of esters is 1. The number of piperazine rings is 1. The summed E-state index contributed by atoms with van der Waals surface area (Å²) < 4.78 is 7.18. The predicted octanol–water partition coefficient (Wildman–Crippen LogP) is 0.839. The molecule has 0 saturated carbocycles. The number of carbonyl (C=O) groups excluding carboxylic acids is 1. The number of rotatable bonds is 4. The Labute approximate surface area is 129 Å². The van der Waals surface area contributed by atoms with Crippen LogP contribution in [-0.2, 0) is 9.53 Å². The van der Waals surface area contributed by atoms with Crippen LogP contribution in [0.2, 0.25) is 0 Å². The van der Waals surface area contributed by atoms with E-state index >= 15 is 0 Å². The molecule has 0 aromatic carbocycles. The van der Waals surface area contributed by atoms with Crippen LogP contribution in [0.3, 0.4) is 0 Å². The molecule has 2 aliphatic heterocycles. The summed E-state index contributed by atoms with van der Waals surface area (Å²) in [5, 5.41) is 0. The van der Waals surface area contributed by atoms with Crippen molar-refractivity contribution < 1.29 is 9.53 Å². The van der Waals surface area contributed by atoms with Crippen molar-refractivity contribution in [1.29, 1.82) is 0 Å². The van der Waals surface area contributed by atoms with E-state index in [0.29, 0.717) is 0 Å². The lowest BCUT2D eigenvalue weighted by Crippen LogP contribution is -2.46. The minimum absolute atomic E-state index is 0.0298. The third-order valence-electron chi connectivity index (χ3n) is 4.17. The van der Waals surface area contributed by atoms with Gasteiger partial charge in [-0.1, -0.05) is 0 Å². The van der Waals surface area contributed by atoms with E-state index in [-0.39, 0.29) is 11.9 Å². The maximum Gasteiger partial charge on any atom is 0.308 e. The molecule has 0 spiro atoms. The molecule has 0 unspecified atom stereocenters. The molecule has 2 rings (SSSR count). The van der Waals surface area contributed by atoms with E-state index in [1.54, 1.807) is 0 Å². The second-order valence-electron chi connectivity index (χ2n) is 5.39. The molecule has 0 amide bonds. The van der Waals surface area contributed by atoms with E-state index in [0.717, 1.165) is 39.0 Å². The zero-order chi connectivity index (χ0) is 13.7. The summed E-state index contributed by atoms with van der Waals surface area (Å²) in [6.45, 7) is 9.07. The third kappa shape index (κ3) is 4.84. The first-order valence-electron chi connectivity index (χ1n) is 7.12. The molecule has 0 bridgehead atoms. The summed E-state index contributed by atoms with van der Waals surface area (Å²) in [6.07, 6.45) is 1.91. The highest BCUT2D eigenvalue weighted by Gasteiger charge is 2.25. The minimum atomic E-state index is -0.0298. The van der Waals surface area contributed by atoms with Gasteiger partial charge in [0.25, 0.3) is 0 Å². The standard InChI is InChI=1S/C13H24IN3O2/c1-19-13(18)12-2-4-15(5-3-12)6-7-16-8-10-17(14)11-9-16/h12H,2-11H2,1H3. The summed E-state index contributed by atoms with van der Waals surface area (Å²) in [6, 6.07) is 0. The molecular weight excluding hydrogens is 357 g/mol. The molecule has 2 saturated heterocycles. The second kappa shape index (κ2) is 7.75. The lowest BCUT2D eigenvalue weighted by Gasteiger charge is -2.35. The van der Waals surface area contributed by atoms with Gasteiger partial charge in [-0.2, -0.15) is 0 Å². The van der Waals surface area contributed by atoms with Crippen LogP contribution < -0.4 is 0 Å². The Morgan fingerprint density at radius 3 is 2.11 bits per heavy atom. The molecule has 0 aromatic heterocycles. The molecule has 0 aliphatic carbocycles. The molecule has 6 heteroatoms. The molecular formula is C13H24IN3O2. The number of ether oxygens (including phenoxy) is 1. The van der Waals surface area contributed by atoms with Crippen molar-refractivity contribution in [2.24, 2.45) is 5.92 Å². The minimum Gasteiger partial charge on any atom is -0.469 e. The summed E-state index contributed by atoms with van der Waals surface area (Å²) in [4.78, 5) is 16.5. The average molecular weight is 381 g/mol. The van der Waals surface area contributed by atoms with E-state index in [2.05, 4.69) is 35.8 Å². The first kappa shape index (κ1) is 15.5. The Balaban J connectivity index is 1.62. The number of hydrogen-bond acceptors (Lipinski definition) is 5. The van der Waals surface area contributed by atoms with Crippen molar-refractivity contribution in [3.8, 4) is 0 Å². The zero-order valence-electron chi connectivity index (χ0n) is 11.7. The molecule has 2 fully saturated rings. The quantitative estimate of drug-likeness (QED) is 0.410. The lowest BCUT2D eigenvalue weighted by molar-refractivity contribution is -0.147. The number of carbonyl (C=O) groups is 1. The highest BCUT2D eigenvalue weighted by Crippen LogP contribution is 2.18. The Hall–Kier alpha value is 0.0800. The van der Waals surface area contributed by atoms with E-state index < -0.39 is 0 Å². The van der Waals surface area contributed by atoms with Crippen molar-refractivity contribution in [3.63, 3.8) is 0 Å². The van der Waals surface area contributed by atoms with E-state index in [1.807, 2.05) is 0 Å². The summed E-state index contributed by atoms with van der Waals surface area (Å²) in [5.74, 6) is 0.0987. The monoisotopic (exact) mass is 381 g/mol. The van der Waals surface area contributed by atoms with Gasteiger partial charge >= 0.3 is 5.97 Å². The topological polar surface area (TPSA) is 36.0 Å². The van der Waals surface area contributed by atoms with Gasteiger partial charge in [0.1, 0.15) is 0 Å². The van der Waals surface area contributed by atoms with Gasteiger partial charge < -0.3 is 9.64 Å². The zero-order valence-corrected chi connectivity index (χ0v) is 13.8. The average Bonchev–Trinajstić information content (AvgIpc) is 2.46. The van der Waals surface area contributed by atoms with Gasteiger partial charge in [-0.05, 0) is 25.9 Å². The summed E-state index contributed by atoms with van der Waals surface area (Å²) >= 11 is 2.40. The van der Waals surface area contributed by atoms with Gasteiger partial charge in [0, 0.05) is 62.1 Å². The first-order chi connectivity index (χ1) is 9.19. The lowest BCUT2D eigenvalue weighted by atomic mass is 9.97. The fourth-order valence-electron chi connectivity index (χ4n) is 2.79. The van der Waals surface area contributed by atoms with Crippen molar-refractivity contribution in [3.05, 3.63) is 0 Å². The van der Waals surface area contributed by atoms with E-state index in [1.165, 1.54) is 33.3 Å². The predicted molar refractivity (Wildman–Crippen MR) is 83.2 cm³/mol. The number of piperidine rings is 1.